The summed E-state index contributed by atoms with van der Waals surface area (Å²) in [6.07, 6.45) is 6.38. The number of aryl methyl sites for hydroxylation is 1. The fraction of sp³-hybridized carbons (Fsp3) is 0.526. The van der Waals surface area contributed by atoms with Crippen molar-refractivity contribution in [3.05, 3.63) is 41.7 Å². The number of benzene rings is 1. The number of halogens is 1. The van der Waals surface area contributed by atoms with Gasteiger partial charge in [-0.15, -0.1) is 22.0 Å². The molecule has 4 rings (SSSR count). The molecule has 2 aromatic rings. The summed E-state index contributed by atoms with van der Waals surface area (Å²) in [6.45, 7) is 1.68. The maximum atomic E-state index is 13.8. The van der Waals surface area contributed by atoms with Crippen LogP contribution in [0.5, 0.6) is 0 Å². The number of rotatable bonds is 4. The molecule has 26 heavy (non-hydrogen) atoms. The summed E-state index contributed by atoms with van der Waals surface area (Å²) >= 11 is 1.26. The Morgan fingerprint density at radius 1 is 1.15 bits per heavy atom. The molecule has 2 aliphatic heterocycles. The number of hydrogen-bond acceptors (Lipinski definition) is 4. The zero-order valence-corrected chi connectivity index (χ0v) is 15.6. The lowest BCUT2D eigenvalue weighted by molar-refractivity contribution is -0.129. The van der Waals surface area contributed by atoms with Gasteiger partial charge in [0.15, 0.2) is 5.82 Å². The summed E-state index contributed by atoms with van der Waals surface area (Å²) in [5, 5.41) is 8.82. The van der Waals surface area contributed by atoms with Gasteiger partial charge in [-0.05, 0) is 37.8 Å². The summed E-state index contributed by atoms with van der Waals surface area (Å²) in [4.78, 5) is 15.2. The summed E-state index contributed by atoms with van der Waals surface area (Å²) in [7, 11) is 0. The molecule has 0 unspecified atom stereocenters. The van der Waals surface area contributed by atoms with E-state index in [1.807, 2.05) is 4.90 Å². The van der Waals surface area contributed by atoms with Crippen LogP contribution in [0.2, 0.25) is 0 Å². The number of carbonyl (C=O) groups excluding carboxylic acids is 1. The molecular formula is C19H23FN4OS. The normalized spacial score (nSPS) is 20.0. The van der Waals surface area contributed by atoms with Crippen LogP contribution < -0.4 is 0 Å². The van der Waals surface area contributed by atoms with Gasteiger partial charge in [0, 0.05) is 24.4 Å². The fourth-order valence-corrected chi connectivity index (χ4v) is 4.70. The first-order valence-electron chi connectivity index (χ1n) is 9.33. The van der Waals surface area contributed by atoms with Crippen molar-refractivity contribution >= 4 is 17.7 Å². The van der Waals surface area contributed by atoms with E-state index in [0.29, 0.717) is 4.90 Å². The van der Waals surface area contributed by atoms with E-state index in [1.54, 1.807) is 18.2 Å². The first-order valence-corrected chi connectivity index (χ1v) is 10.3. The predicted octanol–water partition coefficient (Wildman–Crippen LogP) is 3.60. The van der Waals surface area contributed by atoms with Crippen LogP contribution in [0, 0.1) is 5.82 Å². The van der Waals surface area contributed by atoms with E-state index in [4.69, 9.17) is 0 Å². The lowest BCUT2D eigenvalue weighted by Gasteiger charge is -2.24. The maximum absolute atomic E-state index is 13.8. The molecule has 0 aliphatic carbocycles. The highest BCUT2D eigenvalue weighted by Crippen LogP contribution is 2.33. The van der Waals surface area contributed by atoms with Crippen molar-refractivity contribution in [3.63, 3.8) is 0 Å². The van der Waals surface area contributed by atoms with Crippen LogP contribution >= 0.6 is 11.8 Å². The minimum absolute atomic E-state index is 0.00284. The van der Waals surface area contributed by atoms with E-state index in [-0.39, 0.29) is 23.5 Å². The molecule has 2 aliphatic rings. The van der Waals surface area contributed by atoms with E-state index in [9.17, 15) is 9.18 Å². The van der Waals surface area contributed by atoms with Crippen LogP contribution in [0.4, 0.5) is 4.39 Å². The molecule has 0 radical (unpaired) electrons. The summed E-state index contributed by atoms with van der Waals surface area (Å²) < 4.78 is 16.0. The van der Waals surface area contributed by atoms with Gasteiger partial charge in [0.25, 0.3) is 0 Å². The number of carbonyl (C=O) groups is 1. The third-order valence-corrected chi connectivity index (χ3v) is 6.23. The molecule has 5 nitrogen and oxygen atoms in total. The highest BCUT2D eigenvalue weighted by atomic mass is 32.2. The van der Waals surface area contributed by atoms with Crippen molar-refractivity contribution in [2.24, 2.45) is 0 Å². The highest BCUT2D eigenvalue weighted by molar-refractivity contribution is 8.00. The molecule has 0 N–H and O–H groups in total. The molecule has 138 valence electrons. The molecule has 1 saturated heterocycles. The lowest BCUT2D eigenvalue weighted by atomic mass is 10.2. The minimum Gasteiger partial charge on any atom is -0.332 e. The van der Waals surface area contributed by atoms with E-state index in [0.717, 1.165) is 56.8 Å². The number of fused-ring (bicyclic) bond motifs is 1. The Morgan fingerprint density at radius 3 is 2.92 bits per heavy atom. The van der Waals surface area contributed by atoms with Crippen molar-refractivity contribution in [3.8, 4) is 0 Å². The van der Waals surface area contributed by atoms with E-state index < -0.39 is 0 Å². The number of amides is 1. The molecule has 7 heteroatoms. The Bertz CT molecular complexity index is 794. The van der Waals surface area contributed by atoms with Crippen molar-refractivity contribution in [2.45, 2.75) is 56.0 Å². The second kappa shape index (κ2) is 7.78. The van der Waals surface area contributed by atoms with Crippen LogP contribution in [0.15, 0.2) is 29.2 Å². The quantitative estimate of drug-likeness (QED) is 0.768. The summed E-state index contributed by atoms with van der Waals surface area (Å²) in [5.41, 5.74) is 0. The topological polar surface area (TPSA) is 51.0 Å². The summed E-state index contributed by atoms with van der Waals surface area (Å²) in [5.74, 6) is 2.01. The molecule has 0 saturated carbocycles. The molecule has 1 aromatic carbocycles. The Balaban J connectivity index is 1.47. The monoisotopic (exact) mass is 374 g/mol. The SMILES string of the molecule is O=C(CSc1ccccc1F)N1CCC[C@H]1c1nnc2n1CCCCC2. The molecule has 1 amide bonds. The molecule has 1 fully saturated rings. The molecule has 0 spiro atoms. The zero-order chi connectivity index (χ0) is 17.9. The van der Waals surface area contributed by atoms with Crippen molar-refractivity contribution in [1.29, 1.82) is 0 Å². The van der Waals surface area contributed by atoms with Gasteiger partial charge in [-0.1, -0.05) is 18.6 Å². The van der Waals surface area contributed by atoms with Crippen LogP contribution in [0.25, 0.3) is 0 Å². The Labute approximate surface area is 157 Å². The molecule has 3 heterocycles. The van der Waals surface area contributed by atoms with Crippen LogP contribution in [0.1, 0.15) is 49.8 Å². The minimum atomic E-state index is -0.272. The summed E-state index contributed by atoms with van der Waals surface area (Å²) in [6, 6.07) is 6.60. The Hall–Kier alpha value is -1.89. The Kier molecular flexibility index (Phi) is 5.24. The average Bonchev–Trinajstić information content (AvgIpc) is 3.21. The van der Waals surface area contributed by atoms with E-state index in [1.165, 1.54) is 24.2 Å². The van der Waals surface area contributed by atoms with Gasteiger partial charge in [0.1, 0.15) is 11.6 Å². The number of thioether (sulfide) groups is 1. The van der Waals surface area contributed by atoms with Gasteiger partial charge in [0.2, 0.25) is 5.91 Å². The fourth-order valence-electron chi connectivity index (χ4n) is 3.87. The van der Waals surface area contributed by atoms with Crippen molar-refractivity contribution in [2.75, 3.05) is 12.3 Å². The van der Waals surface area contributed by atoms with Gasteiger partial charge >= 0.3 is 0 Å². The van der Waals surface area contributed by atoms with Crippen LogP contribution in [0.3, 0.4) is 0 Å². The molecular weight excluding hydrogens is 351 g/mol. The van der Waals surface area contributed by atoms with Gasteiger partial charge < -0.3 is 9.47 Å². The highest BCUT2D eigenvalue weighted by Gasteiger charge is 2.34. The van der Waals surface area contributed by atoms with Crippen LogP contribution in [-0.4, -0.2) is 37.9 Å². The average molecular weight is 374 g/mol. The van der Waals surface area contributed by atoms with Crippen LogP contribution in [-0.2, 0) is 17.8 Å². The maximum Gasteiger partial charge on any atom is 0.233 e. The number of aromatic nitrogens is 3. The second-order valence-corrected chi connectivity index (χ2v) is 7.92. The third-order valence-electron chi connectivity index (χ3n) is 5.20. The standard InChI is InChI=1S/C19H23FN4OS/c20-14-7-3-4-9-16(14)26-13-18(25)23-12-6-8-15(23)19-22-21-17-10-2-1-5-11-24(17)19/h3-4,7,9,15H,1-2,5-6,8,10-13H2/t15-/m0/s1. The third kappa shape index (κ3) is 3.49. The van der Waals surface area contributed by atoms with Gasteiger partial charge in [-0.25, -0.2) is 4.39 Å². The van der Waals surface area contributed by atoms with Gasteiger partial charge in [0.05, 0.1) is 11.8 Å². The number of hydrogen-bond donors (Lipinski definition) is 0. The van der Waals surface area contributed by atoms with Gasteiger partial charge in [-0.2, -0.15) is 0 Å². The second-order valence-electron chi connectivity index (χ2n) is 6.90. The number of likely N-dealkylation sites (tertiary alicyclic amines) is 1. The van der Waals surface area contributed by atoms with Crippen molar-refractivity contribution < 1.29 is 9.18 Å². The van der Waals surface area contributed by atoms with Crippen molar-refractivity contribution in [1.82, 2.24) is 19.7 Å². The smallest absolute Gasteiger partial charge is 0.233 e. The zero-order valence-electron chi connectivity index (χ0n) is 14.7. The Morgan fingerprint density at radius 2 is 2.04 bits per heavy atom. The number of nitrogens with zero attached hydrogens (tertiary/aromatic N) is 4. The first-order chi connectivity index (χ1) is 12.7. The first kappa shape index (κ1) is 17.5. The van der Waals surface area contributed by atoms with Gasteiger partial charge in [-0.3, -0.25) is 4.79 Å². The molecule has 0 bridgehead atoms. The predicted molar refractivity (Wildman–Crippen MR) is 98.4 cm³/mol. The van der Waals surface area contributed by atoms with E-state index in [2.05, 4.69) is 14.8 Å². The largest absolute Gasteiger partial charge is 0.332 e. The van der Waals surface area contributed by atoms with E-state index >= 15 is 0 Å². The lowest BCUT2D eigenvalue weighted by Crippen LogP contribution is -2.33. The molecule has 1 aromatic heterocycles. The molecule has 1 atom stereocenters.